The van der Waals surface area contributed by atoms with Gasteiger partial charge < -0.3 is 16.0 Å². The first-order valence-electron chi connectivity index (χ1n) is 6.77. The van der Waals surface area contributed by atoms with E-state index < -0.39 is 0 Å². The summed E-state index contributed by atoms with van der Waals surface area (Å²) < 4.78 is 0. The molecule has 0 saturated heterocycles. The van der Waals surface area contributed by atoms with Crippen LogP contribution < -0.4 is 16.0 Å². The normalized spacial score (nSPS) is 12.0. The largest absolute Gasteiger partial charge is 0.378 e. The molecule has 0 saturated carbocycles. The first-order valence-corrected chi connectivity index (χ1v) is 6.77. The maximum atomic E-state index is 11.6. The number of hydrogen-bond acceptors (Lipinski definition) is 3. The lowest BCUT2D eigenvalue weighted by atomic mass is 10.1. The second-order valence-electron chi connectivity index (χ2n) is 5.21. The summed E-state index contributed by atoms with van der Waals surface area (Å²) in [5.41, 5.74) is 7.92. The molecule has 1 amide bonds. The predicted octanol–water partition coefficient (Wildman–Crippen LogP) is 1.89. The van der Waals surface area contributed by atoms with Gasteiger partial charge in [0.25, 0.3) is 0 Å². The van der Waals surface area contributed by atoms with E-state index in [1.165, 1.54) is 0 Å². The number of nitrogens with zero attached hydrogens (tertiary/aromatic N) is 1. The number of anilines is 1. The van der Waals surface area contributed by atoms with Crippen molar-refractivity contribution < 1.29 is 4.79 Å². The van der Waals surface area contributed by atoms with E-state index in [0.717, 1.165) is 24.1 Å². The summed E-state index contributed by atoms with van der Waals surface area (Å²) in [4.78, 5) is 13.7. The SMILES string of the molecule is CC(N)CCCC(=O)NCc1ccc(N(C)C)cc1. The summed E-state index contributed by atoms with van der Waals surface area (Å²) in [7, 11) is 4.02. The predicted molar refractivity (Wildman–Crippen MR) is 80.1 cm³/mol. The summed E-state index contributed by atoms with van der Waals surface area (Å²) in [5.74, 6) is 0.0948. The van der Waals surface area contributed by atoms with Crippen LogP contribution in [-0.4, -0.2) is 26.0 Å². The molecule has 4 nitrogen and oxygen atoms in total. The maximum absolute atomic E-state index is 11.6. The molecule has 1 aromatic carbocycles. The number of amides is 1. The number of carbonyl (C=O) groups is 1. The topological polar surface area (TPSA) is 58.4 Å². The van der Waals surface area contributed by atoms with Crippen LogP contribution in [0.3, 0.4) is 0 Å². The van der Waals surface area contributed by atoms with Crippen LogP contribution in [0.2, 0.25) is 0 Å². The molecule has 1 unspecified atom stereocenters. The monoisotopic (exact) mass is 263 g/mol. The molecule has 0 aliphatic rings. The van der Waals surface area contributed by atoms with Crippen molar-refractivity contribution in [2.75, 3.05) is 19.0 Å². The van der Waals surface area contributed by atoms with Crippen molar-refractivity contribution in [1.82, 2.24) is 5.32 Å². The van der Waals surface area contributed by atoms with Crippen LogP contribution in [0.4, 0.5) is 5.69 Å². The molecule has 0 aliphatic carbocycles. The van der Waals surface area contributed by atoms with E-state index in [1.807, 2.05) is 33.2 Å². The lowest BCUT2D eigenvalue weighted by molar-refractivity contribution is -0.121. The molecule has 19 heavy (non-hydrogen) atoms. The molecule has 4 heteroatoms. The van der Waals surface area contributed by atoms with Gasteiger partial charge in [-0.2, -0.15) is 0 Å². The highest BCUT2D eigenvalue weighted by Gasteiger charge is 2.03. The molecule has 3 N–H and O–H groups in total. The van der Waals surface area contributed by atoms with Crippen molar-refractivity contribution in [3.63, 3.8) is 0 Å². The van der Waals surface area contributed by atoms with Gasteiger partial charge in [0.1, 0.15) is 0 Å². The number of nitrogens with two attached hydrogens (primary N) is 1. The van der Waals surface area contributed by atoms with E-state index in [9.17, 15) is 4.79 Å². The van der Waals surface area contributed by atoms with Crippen molar-refractivity contribution in [2.45, 2.75) is 38.8 Å². The summed E-state index contributed by atoms with van der Waals surface area (Å²) >= 11 is 0. The first kappa shape index (κ1) is 15.5. The van der Waals surface area contributed by atoms with Crippen molar-refractivity contribution in [2.24, 2.45) is 5.73 Å². The molecule has 1 rings (SSSR count). The highest BCUT2D eigenvalue weighted by atomic mass is 16.1. The van der Waals surface area contributed by atoms with Crippen LogP contribution in [0, 0.1) is 0 Å². The average molecular weight is 263 g/mol. The van der Waals surface area contributed by atoms with Crippen LogP contribution in [0.5, 0.6) is 0 Å². The quantitative estimate of drug-likeness (QED) is 0.790. The van der Waals surface area contributed by atoms with Crippen molar-refractivity contribution in [3.05, 3.63) is 29.8 Å². The van der Waals surface area contributed by atoms with Crippen molar-refractivity contribution in [1.29, 1.82) is 0 Å². The second-order valence-corrected chi connectivity index (χ2v) is 5.21. The van der Waals surface area contributed by atoms with Gasteiger partial charge in [0.05, 0.1) is 0 Å². The molecule has 0 spiro atoms. The lowest BCUT2D eigenvalue weighted by Gasteiger charge is -2.13. The third-order valence-electron chi connectivity index (χ3n) is 3.01. The smallest absolute Gasteiger partial charge is 0.220 e. The highest BCUT2D eigenvalue weighted by Crippen LogP contribution is 2.12. The molecular weight excluding hydrogens is 238 g/mol. The van der Waals surface area contributed by atoms with Crippen LogP contribution in [0.25, 0.3) is 0 Å². The zero-order chi connectivity index (χ0) is 14.3. The summed E-state index contributed by atoms with van der Waals surface area (Å²) in [6, 6.07) is 8.36. The Balaban J connectivity index is 2.30. The van der Waals surface area contributed by atoms with Crippen LogP contribution in [0.15, 0.2) is 24.3 Å². The highest BCUT2D eigenvalue weighted by molar-refractivity contribution is 5.75. The Morgan fingerprint density at radius 2 is 1.95 bits per heavy atom. The molecule has 0 aromatic heterocycles. The summed E-state index contributed by atoms with van der Waals surface area (Å²) in [5, 5.41) is 2.93. The van der Waals surface area contributed by atoms with E-state index in [4.69, 9.17) is 5.73 Å². The zero-order valence-electron chi connectivity index (χ0n) is 12.1. The van der Waals surface area contributed by atoms with Gasteiger partial charge in [-0.15, -0.1) is 0 Å². The Hall–Kier alpha value is -1.55. The molecule has 1 atom stereocenters. The lowest BCUT2D eigenvalue weighted by Crippen LogP contribution is -2.23. The standard InChI is InChI=1S/C15H25N3O/c1-12(16)5-4-6-15(19)17-11-13-7-9-14(10-8-13)18(2)3/h7-10,12H,4-6,11,16H2,1-3H3,(H,17,19). The van der Waals surface area contributed by atoms with Gasteiger partial charge in [0.2, 0.25) is 5.91 Å². The zero-order valence-corrected chi connectivity index (χ0v) is 12.1. The molecule has 0 bridgehead atoms. The van der Waals surface area contributed by atoms with Gasteiger partial charge in [-0.1, -0.05) is 12.1 Å². The molecular formula is C15H25N3O. The Bertz CT molecular complexity index is 385. The average Bonchev–Trinajstić information content (AvgIpc) is 2.36. The summed E-state index contributed by atoms with van der Waals surface area (Å²) in [6.45, 7) is 2.55. The minimum absolute atomic E-state index is 0.0948. The third kappa shape index (κ3) is 6.25. The van der Waals surface area contributed by atoms with Crippen LogP contribution in [-0.2, 0) is 11.3 Å². The van der Waals surface area contributed by atoms with Gasteiger partial charge >= 0.3 is 0 Å². The summed E-state index contributed by atoms with van der Waals surface area (Å²) in [6.07, 6.45) is 2.30. The Morgan fingerprint density at radius 1 is 1.32 bits per heavy atom. The van der Waals surface area contributed by atoms with Crippen LogP contribution >= 0.6 is 0 Å². The third-order valence-corrected chi connectivity index (χ3v) is 3.01. The minimum atomic E-state index is 0.0948. The molecule has 0 aliphatic heterocycles. The van der Waals surface area contributed by atoms with Crippen molar-refractivity contribution >= 4 is 11.6 Å². The van der Waals surface area contributed by atoms with E-state index in [-0.39, 0.29) is 11.9 Å². The van der Waals surface area contributed by atoms with E-state index in [2.05, 4.69) is 22.3 Å². The van der Waals surface area contributed by atoms with Gasteiger partial charge in [-0.25, -0.2) is 0 Å². The fourth-order valence-electron chi connectivity index (χ4n) is 1.79. The molecule has 1 aromatic rings. The van der Waals surface area contributed by atoms with Crippen molar-refractivity contribution in [3.8, 4) is 0 Å². The number of hydrogen-bond donors (Lipinski definition) is 2. The first-order chi connectivity index (χ1) is 8.99. The van der Waals surface area contributed by atoms with E-state index in [1.54, 1.807) is 0 Å². The fourth-order valence-corrected chi connectivity index (χ4v) is 1.79. The van der Waals surface area contributed by atoms with Gasteiger partial charge in [0, 0.05) is 38.8 Å². The second kappa shape index (κ2) is 7.79. The minimum Gasteiger partial charge on any atom is -0.378 e. The molecule has 0 fully saturated rings. The number of benzene rings is 1. The Labute approximate surface area is 116 Å². The molecule has 0 heterocycles. The van der Waals surface area contributed by atoms with Crippen LogP contribution in [0.1, 0.15) is 31.7 Å². The van der Waals surface area contributed by atoms with E-state index >= 15 is 0 Å². The maximum Gasteiger partial charge on any atom is 0.220 e. The van der Waals surface area contributed by atoms with Gasteiger partial charge in [-0.3, -0.25) is 4.79 Å². The molecule has 106 valence electrons. The van der Waals surface area contributed by atoms with Gasteiger partial charge in [-0.05, 0) is 37.5 Å². The fraction of sp³-hybridized carbons (Fsp3) is 0.533. The Morgan fingerprint density at radius 3 is 2.47 bits per heavy atom. The van der Waals surface area contributed by atoms with Gasteiger partial charge in [0.15, 0.2) is 0 Å². The number of nitrogens with one attached hydrogen (secondary N) is 1. The number of carbonyl (C=O) groups excluding carboxylic acids is 1. The molecule has 0 radical (unpaired) electrons. The van der Waals surface area contributed by atoms with E-state index in [0.29, 0.717) is 13.0 Å². The Kier molecular flexibility index (Phi) is 6.36. The number of rotatable bonds is 7.